The fraction of sp³-hybridized carbons (Fsp3) is 0.636. The minimum absolute atomic E-state index is 0.0395. The molecule has 1 aromatic rings. The van der Waals surface area contributed by atoms with E-state index in [9.17, 15) is 10.1 Å². The quantitative estimate of drug-likeness (QED) is 0.586. The number of rotatable bonds is 7. The maximum Gasteiger partial charge on any atom is 0.372 e. The van der Waals surface area contributed by atoms with Gasteiger partial charge in [-0.2, -0.15) is 4.98 Å². The van der Waals surface area contributed by atoms with Crippen LogP contribution >= 0.6 is 0 Å². The van der Waals surface area contributed by atoms with Gasteiger partial charge < -0.3 is 15.0 Å². The molecule has 0 bridgehead atoms. The van der Waals surface area contributed by atoms with Crippen LogP contribution in [0.5, 0.6) is 5.88 Å². The third-order valence-electron chi connectivity index (χ3n) is 2.56. The van der Waals surface area contributed by atoms with Crippen LogP contribution in [0, 0.1) is 10.1 Å². The Balaban J connectivity index is 2.85. The molecular formula is C11H19N5O3. The number of hydrogen-bond donors (Lipinski definition) is 1. The van der Waals surface area contributed by atoms with Gasteiger partial charge in [-0.05, 0) is 34.0 Å². The summed E-state index contributed by atoms with van der Waals surface area (Å²) in [5, 5.41) is 14.1. The van der Waals surface area contributed by atoms with Gasteiger partial charge >= 0.3 is 5.69 Å². The molecule has 0 aromatic carbocycles. The zero-order valence-electron chi connectivity index (χ0n) is 11.6. The van der Waals surface area contributed by atoms with Crippen LogP contribution in [-0.2, 0) is 0 Å². The van der Waals surface area contributed by atoms with Gasteiger partial charge in [-0.3, -0.25) is 10.1 Å². The van der Waals surface area contributed by atoms with Gasteiger partial charge in [0.05, 0.1) is 12.0 Å². The van der Waals surface area contributed by atoms with Crippen LogP contribution in [0.2, 0.25) is 0 Å². The fourth-order valence-electron chi connectivity index (χ4n) is 1.54. The summed E-state index contributed by atoms with van der Waals surface area (Å²) in [5.74, 6) is 0.144. The number of nitro groups is 1. The van der Waals surface area contributed by atoms with Gasteiger partial charge in [0.1, 0.15) is 6.33 Å². The average Bonchev–Trinajstić information content (AvgIpc) is 2.35. The summed E-state index contributed by atoms with van der Waals surface area (Å²) in [6, 6.07) is 0.0562. The molecule has 1 unspecified atom stereocenters. The van der Waals surface area contributed by atoms with E-state index in [1.807, 2.05) is 25.9 Å². The zero-order chi connectivity index (χ0) is 14.4. The molecule has 1 N–H and O–H groups in total. The molecule has 0 saturated carbocycles. The minimum Gasteiger partial charge on any atom is -0.476 e. The van der Waals surface area contributed by atoms with Gasteiger partial charge in [0.15, 0.2) is 0 Å². The van der Waals surface area contributed by atoms with E-state index in [0.717, 1.165) is 13.0 Å². The molecule has 0 spiro atoms. The number of anilines is 1. The molecule has 0 saturated heterocycles. The number of methoxy groups -OCH3 is 1. The van der Waals surface area contributed by atoms with Crippen LogP contribution in [0.25, 0.3) is 0 Å². The lowest BCUT2D eigenvalue weighted by Crippen LogP contribution is -2.24. The molecule has 1 heterocycles. The van der Waals surface area contributed by atoms with E-state index >= 15 is 0 Å². The van der Waals surface area contributed by atoms with E-state index in [-0.39, 0.29) is 23.4 Å². The first kappa shape index (κ1) is 15.1. The van der Waals surface area contributed by atoms with Crippen LogP contribution in [0.1, 0.15) is 13.3 Å². The predicted molar refractivity (Wildman–Crippen MR) is 71.5 cm³/mol. The fourth-order valence-corrected chi connectivity index (χ4v) is 1.54. The number of ether oxygens (including phenoxy) is 1. The van der Waals surface area contributed by atoms with Gasteiger partial charge in [-0.15, -0.1) is 0 Å². The number of aromatic nitrogens is 2. The van der Waals surface area contributed by atoms with Crippen molar-refractivity contribution in [3.63, 3.8) is 0 Å². The molecule has 0 amide bonds. The van der Waals surface area contributed by atoms with E-state index in [4.69, 9.17) is 4.74 Å². The number of nitrogens with one attached hydrogen (secondary N) is 1. The van der Waals surface area contributed by atoms with Crippen LogP contribution in [0.3, 0.4) is 0 Å². The summed E-state index contributed by atoms with van der Waals surface area (Å²) in [5.41, 5.74) is -0.235. The van der Waals surface area contributed by atoms with Crippen LogP contribution in [0.4, 0.5) is 11.5 Å². The standard InChI is InChI=1S/C11H19N5O3/c1-8(5-6-15(2)3)14-10-9(16(17)18)11(19-4)13-7-12-10/h7-8H,5-6H2,1-4H3,(H,12,13,14). The summed E-state index contributed by atoms with van der Waals surface area (Å²) < 4.78 is 4.89. The van der Waals surface area contributed by atoms with Crippen molar-refractivity contribution in [1.82, 2.24) is 14.9 Å². The molecule has 1 rings (SSSR count). The van der Waals surface area contributed by atoms with E-state index in [0.29, 0.717) is 0 Å². The van der Waals surface area contributed by atoms with Crippen molar-refractivity contribution < 1.29 is 9.66 Å². The van der Waals surface area contributed by atoms with Crippen LogP contribution in [0.15, 0.2) is 6.33 Å². The van der Waals surface area contributed by atoms with Crippen molar-refractivity contribution in [2.24, 2.45) is 0 Å². The van der Waals surface area contributed by atoms with Crippen molar-refractivity contribution in [3.8, 4) is 5.88 Å². The van der Waals surface area contributed by atoms with Crippen molar-refractivity contribution in [3.05, 3.63) is 16.4 Å². The zero-order valence-corrected chi connectivity index (χ0v) is 11.6. The second kappa shape index (κ2) is 6.83. The van der Waals surface area contributed by atoms with E-state index in [1.165, 1.54) is 13.4 Å². The number of hydrogen-bond acceptors (Lipinski definition) is 7. The summed E-state index contributed by atoms with van der Waals surface area (Å²) in [7, 11) is 5.29. The number of nitrogens with zero attached hydrogens (tertiary/aromatic N) is 4. The molecular weight excluding hydrogens is 250 g/mol. The monoisotopic (exact) mass is 269 g/mol. The average molecular weight is 269 g/mol. The highest BCUT2D eigenvalue weighted by atomic mass is 16.6. The lowest BCUT2D eigenvalue weighted by molar-refractivity contribution is -0.385. The van der Waals surface area contributed by atoms with Gasteiger partial charge in [0.2, 0.25) is 5.82 Å². The van der Waals surface area contributed by atoms with Crippen molar-refractivity contribution in [2.45, 2.75) is 19.4 Å². The molecule has 1 aromatic heterocycles. The summed E-state index contributed by atoms with van der Waals surface area (Å²) in [6.07, 6.45) is 2.09. The van der Waals surface area contributed by atoms with Crippen molar-refractivity contribution in [1.29, 1.82) is 0 Å². The van der Waals surface area contributed by atoms with Crippen LogP contribution in [-0.4, -0.2) is 53.6 Å². The molecule has 0 fully saturated rings. The lowest BCUT2D eigenvalue weighted by Gasteiger charge is -2.17. The van der Waals surface area contributed by atoms with Crippen LogP contribution < -0.4 is 10.1 Å². The second-order valence-electron chi connectivity index (χ2n) is 4.47. The summed E-state index contributed by atoms with van der Waals surface area (Å²) in [4.78, 5) is 20.2. The Bertz CT molecular complexity index is 438. The topological polar surface area (TPSA) is 93.4 Å². The lowest BCUT2D eigenvalue weighted by atomic mass is 10.2. The predicted octanol–water partition coefficient (Wildman–Crippen LogP) is 1.15. The molecule has 0 radical (unpaired) electrons. The summed E-state index contributed by atoms with van der Waals surface area (Å²) >= 11 is 0. The second-order valence-corrected chi connectivity index (χ2v) is 4.47. The third-order valence-corrected chi connectivity index (χ3v) is 2.56. The van der Waals surface area contributed by atoms with Gasteiger partial charge in [0.25, 0.3) is 5.88 Å². The Labute approximate surface area is 112 Å². The van der Waals surface area contributed by atoms with E-state index in [2.05, 4.69) is 15.3 Å². The first-order valence-corrected chi connectivity index (χ1v) is 5.90. The Kier molecular flexibility index (Phi) is 5.43. The highest BCUT2D eigenvalue weighted by molar-refractivity contribution is 5.61. The Morgan fingerprint density at radius 1 is 1.53 bits per heavy atom. The molecule has 0 aliphatic heterocycles. The first-order chi connectivity index (χ1) is 8.95. The van der Waals surface area contributed by atoms with Crippen molar-refractivity contribution >= 4 is 11.5 Å². The minimum atomic E-state index is -0.542. The normalized spacial score (nSPS) is 12.3. The smallest absolute Gasteiger partial charge is 0.372 e. The first-order valence-electron chi connectivity index (χ1n) is 5.90. The summed E-state index contributed by atoms with van der Waals surface area (Å²) in [6.45, 7) is 2.83. The molecule has 0 aliphatic carbocycles. The molecule has 19 heavy (non-hydrogen) atoms. The Morgan fingerprint density at radius 3 is 2.74 bits per heavy atom. The maximum absolute atomic E-state index is 11.0. The van der Waals surface area contributed by atoms with E-state index in [1.54, 1.807) is 0 Å². The highest BCUT2D eigenvalue weighted by Gasteiger charge is 2.24. The third kappa shape index (κ3) is 4.32. The van der Waals surface area contributed by atoms with Gasteiger partial charge in [-0.1, -0.05) is 0 Å². The largest absolute Gasteiger partial charge is 0.476 e. The SMILES string of the molecule is COc1ncnc(NC(C)CCN(C)C)c1[N+](=O)[O-]. The van der Waals surface area contributed by atoms with Gasteiger partial charge in [-0.25, -0.2) is 4.98 Å². The molecule has 106 valence electrons. The molecule has 1 atom stereocenters. The maximum atomic E-state index is 11.0. The van der Waals surface area contributed by atoms with E-state index < -0.39 is 4.92 Å². The molecule has 8 nitrogen and oxygen atoms in total. The van der Waals surface area contributed by atoms with Gasteiger partial charge in [0, 0.05) is 6.04 Å². The van der Waals surface area contributed by atoms with Crippen molar-refractivity contribution in [2.75, 3.05) is 33.1 Å². The Hall–Kier alpha value is -1.96. The Morgan fingerprint density at radius 2 is 2.21 bits per heavy atom. The molecule has 0 aliphatic rings. The molecule has 8 heteroatoms. The highest BCUT2D eigenvalue weighted by Crippen LogP contribution is 2.30.